The molecule has 150 valence electrons. The van der Waals surface area contributed by atoms with Crippen LogP contribution in [0.1, 0.15) is 11.1 Å². The Kier molecular flexibility index (Phi) is 7.28. The summed E-state index contributed by atoms with van der Waals surface area (Å²) >= 11 is 0. The number of carboxylic acids is 1. The van der Waals surface area contributed by atoms with Gasteiger partial charge in [-0.05, 0) is 47.4 Å². The first-order valence-electron chi connectivity index (χ1n) is 8.55. The van der Waals surface area contributed by atoms with E-state index in [2.05, 4.69) is 0 Å². The van der Waals surface area contributed by atoms with E-state index >= 15 is 0 Å². The Morgan fingerprint density at radius 3 is 2.00 bits per heavy atom. The lowest BCUT2D eigenvalue weighted by atomic mass is 9.95. The molecule has 0 bridgehead atoms. The molecule has 0 atom stereocenters. The second kappa shape index (κ2) is 9.66. The third kappa shape index (κ3) is 4.95. The fraction of sp³-hybridized carbons (Fsp3) is 0.286. The quantitative estimate of drug-likeness (QED) is 0.567. The number of carbonyl (C=O) groups is 1. The van der Waals surface area contributed by atoms with Crippen LogP contribution in [0.4, 0.5) is 0 Å². The normalized spacial score (nSPS) is 11.6. The number of aliphatic carboxylic acids is 1. The van der Waals surface area contributed by atoms with Gasteiger partial charge in [0.1, 0.15) is 0 Å². The summed E-state index contributed by atoms with van der Waals surface area (Å²) in [5, 5.41) is 29.2. The summed E-state index contributed by atoms with van der Waals surface area (Å²) in [6.45, 7) is -0.398. The van der Waals surface area contributed by atoms with E-state index in [1.165, 1.54) is 27.4 Å². The van der Waals surface area contributed by atoms with Gasteiger partial charge in [-0.1, -0.05) is 12.1 Å². The molecule has 0 aliphatic carbocycles. The topological polar surface area (TPSA) is 105 Å². The zero-order valence-corrected chi connectivity index (χ0v) is 16.1. The molecule has 0 aromatic heterocycles. The first-order valence-corrected chi connectivity index (χ1v) is 8.55. The lowest BCUT2D eigenvalue weighted by molar-refractivity contribution is -0.132. The van der Waals surface area contributed by atoms with Gasteiger partial charge in [0.2, 0.25) is 0 Å². The summed E-state index contributed by atoms with van der Waals surface area (Å²) in [6, 6.07) is 9.91. The molecule has 0 fully saturated rings. The predicted octanol–water partition coefficient (Wildman–Crippen LogP) is 2.58. The molecule has 2 aromatic carbocycles. The van der Waals surface area contributed by atoms with Crippen molar-refractivity contribution in [2.45, 2.75) is 12.8 Å². The molecule has 2 rings (SSSR count). The number of hydrogen-bond donors (Lipinski definition) is 3. The predicted molar refractivity (Wildman–Crippen MR) is 103 cm³/mol. The Labute approximate surface area is 163 Å². The summed E-state index contributed by atoms with van der Waals surface area (Å²) in [5.41, 5.74) is 1.89. The summed E-state index contributed by atoms with van der Waals surface area (Å²) in [5.74, 6) is 0.205. The zero-order chi connectivity index (χ0) is 20.7. The molecule has 0 saturated carbocycles. The van der Waals surface area contributed by atoms with Crippen LogP contribution in [0.25, 0.3) is 0 Å². The summed E-state index contributed by atoms with van der Waals surface area (Å²) in [7, 11) is 4.47. The number of carboxylic acid groups (broad SMARTS) is 1. The van der Waals surface area contributed by atoms with Gasteiger partial charge < -0.3 is 29.5 Å². The molecule has 0 saturated heterocycles. The molecule has 0 amide bonds. The van der Waals surface area contributed by atoms with Crippen LogP contribution >= 0.6 is 0 Å². The smallest absolute Gasteiger partial charge is 0.331 e. The van der Waals surface area contributed by atoms with Crippen LogP contribution in [0.5, 0.6) is 23.0 Å². The lowest BCUT2D eigenvalue weighted by Gasteiger charge is -2.14. The maximum absolute atomic E-state index is 11.8. The van der Waals surface area contributed by atoms with Crippen LogP contribution in [-0.2, 0) is 17.6 Å². The molecular formula is C21H24O7. The van der Waals surface area contributed by atoms with E-state index in [0.717, 1.165) is 5.56 Å². The van der Waals surface area contributed by atoms with Crippen molar-refractivity contribution >= 4 is 5.97 Å². The Hall–Kier alpha value is -3.19. The highest BCUT2D eigenvalue weighted by Crippen LogP contribution is 2.30. The van der Waals surface area contributed by atoms with E-state index < -0.39 is 12.6 Å². The SMILES string of the molecule is COc1cc(C/C(C(=O)O)=C(/CO)Cc2ccc(OC)c(OC)c2)ccc1O. The number of methoxy groups -OCH3 is 3. The minimum Gasteiger partial charge on any atom is -0.504 e. The number of rotatable bonds is 9. The van der Waals surface area contributed by atoms with Gasteiger partial charge in [-0.3, -0.25) is 0 Å². The fourth-order valence-electron chi connectivity index (χ4n) is 2.88. The number of phenols is 1. The maximum Gasteiger partial charge on any atom is 0.331 e. The monoisotopic (exact) mass is 388 g/mol. The Morgan fingerprint density at radius 2 is 1.43 bits per heavy atom. The number of hydrogen-bond acceptors (Lipinski definition) is 6. The zero-order valence-electron chi connectivity index (χ0n) is 16.1. The number of phenolic OH excluding ortho intramolecular Hbond substituents is 1. The molecule has 7 heteroatoms. The van der Waals surface area contributed by atoms with Crippen LogP contribution in [-0.4, -0.2) is 49.2 Å². The standard InChI is InChI=1S/C21H24O7/c1-26-18-7-5-13(11-20(18)28-3)8-15(12-22)16(21(24)25)9-14-4-6-17(23)19(10-14)27-2/h4-7,10-11,22-23H,8-9,12H2,1-3H3,(H,24,25)/b16-15-. The molecule has 0 radical (unpaired) electrons. The largest absolute Gasteiger partial charge is 0.504 e. The molecule has 0 unspecified atom stereocenters. The molecule has 7 nitrogen and oxygen atoms in total. The van der Waals surface area contributed by atoms with Crippen molar-refractivity contribution in [1.82, 2.24) is 0 Å². The van der Waals surface area contributed by atoms with Crippen molar-refractivity contribution in [2.24, 2.45) is 0 Å². The van der Waals surface area contributed by atoms with E-state index in [1.54, 1.807) is 30.3 Å². The molecule has 2 aromatic rings. The van der Waals surface area contributed by atoms with Crippen molar-refractivity contribution in [2.75, 3.05) is 27.9 Å². The van der Waals surface area contributed by atoms with Gasteiger partial charge in [-0.2, -0.15) is 0 Å². The number of aliphatic hydroxyl groups is 1. The molecule has 3 N–H and O–H groups in total. The van der Waals surface area contributed by atoms with Crippen molar-refractivity contribution in [1.29, 1.82) is 0 Å². The van der Waals surface area contributed by atoms with Gasteiger partial charge >= 0.3 is 5.97 Å². The van der Waals surface area contributed by atoms with Crippen molar-refractivity contribution in [3.8, 4) is 23.0 Å². The van der Waals surface area contributed by atoms with Gasteiger partial charge in [-0.25, -0.2) is 4.79 Å². The average molecular weight is 388 g/mol. The third-order valence-corrected chi connectivity index (χ3v) is 4.37. The highest BCUT2D eigenvalue weighted by Gasteiger charge is 2.17. The molecule has 0 aliphatic heterocycles. The van der Waals surface area contributed by atoms with E-state index in [0.29, 0.717) is 22.6 Å². The van der Waals surface area contributed by atoms with Crippen molar-refractivity contribution < 1.29 is 34.3 Å². The minimum absolute atomic E-state index is 0.0279. The summed E-state index contributed by atoms with van der Waals surface area (Å²) in [4.78, 5) is 11.8. The summed E-state index contributed by atoms with van der Waals surface area (Å²) < 4.78 is 15.5. The molecule has 0 aliphatic rings. The van der Waals surface area contributed by atoms with Gasteiger partial charge in [0.05, 0.1) is 27.9 Å². The Balaban J connectivity index is 2.38. The Bertz CT molecular complexity index is 871. The molecule has 0 heterocycles. The van der Waals surface area contributed by atoms with Gasteiger partial charge in [0.15, 0.2) is 23.0 Å². The number of benzene rings is 2. The Morgan fingerprint density at radius 1 is 0.857 bits per heavy atom. The van der Waals surface area contributed by atoms with Gasteiger partial charge in [-0.15, -0.1) is 0 Å². The van der Waals surface area contributed by atoms with Crippen LogP contribution in [0.3, 0.4) is 0 Å². The van der Waals surface area contributed by atoms with Crippen LogP contribution in [0.2, 0.25) is 0 Å². The fourth-order valence-corrected chi connectivity index (χ4v) is 2.88. The molecular weight excluding hydrogens is 364 g/mol. The second-order valence-corrected chi connectivity index (χ2v) is 6.09. The molecule has 28 heavy (non-hydrogen) atoms. The highest BCUT2D eigenvalue weighted by molar-refractivity contribution is 5.88. The average Bonchev–Trinajstić information content (AvgIpc) is 2.71. The van der Waals surface area contributed by atoms with Crippen LogP contribution in [0, 0.1) is 0 Å². The van der Waals surface area contributed by atoms with E-state index in [1.807, 2.05) is 0 Å². The number of aliphatic hydroxyl groups excluding tert-OH is 1. The van der Waals surface area contributed by atoms with Crippen LogP contribution < -0.4 is 14.2 Å². The number of aromatic hydroxyl groups is 1. The first-order chi connectivity index (χ1) is 13.4. The summed E-state index contributed by atoms with van der Waals surface area (Å²) in [6.07, 6.45) is 0.322. The lowest BCUT2D eigenvalue weighted by Crippen LogP contribution is -2.12. The van der Waals surface area contributed by atoms with Crippen LogP contribution in [0.15, 0.2) is 47.5 Å². The van der Waals surface area contributed by atoms with E-state index in [-0.39, 0.29) is 29.9 Å². The van der Waals surface area contributed by atoms with E-state index in [9.17, 15) is 20.1 Å². The molecule has 0 spiro atoms. The maximum atomic E-state index is 11.8. The number of ether oxygens (including phenoxy) is 3. The van der Waals surface area contributed by atoms with Gasteiger partial charge in [0, 0.05) is 12.0 Å². The first kappa shape index (κ1) is 21.1. The van der Waals surface area contributed by atoms with E-state index in [4.69, 9.17) is 14.2 Å². The van der Waals surface area contributed by atoms with Gasteiger partial charge in [0.25, 0.3) is 0 Å². The van der Waals surface area contributed by atoms with Crippen molar-refractivity contribution in [3.05, 3.63) is 58.7 Å². The minimum atomic E-state index is -1.11. The third-order valence-electron chi connectivity index (χ3n) is 4.37. The highest BCUT2D eigenvalue weighted by atomic mass is 16.5. The second-order valence-electron chi connectivity index (χ2n) is 6.09. The van der Waals surface area contributed by atoms with Crippen molar-refractivity contribution in [3.63, 3.8) is 0 Å².